The van der Waals surface area contributed by atoms with Crippen molar-refractivity contribution in [3.05, 3.63) is 0 Å². The Hall–Kier alpha value is -1.20. The first kappa shape index (κ1) is 114. The van der Waals surface area contributed by atoms with Crippen molar-refractivity contribution in [1.82, 2.24) is 49.0 Å². The highest BCUT2D eigenvalue weighted by molar-refractivity contribution is 4.78. The van der Waals surface area contributed by atoms with Crippen LogP contribution >= 0.6 is 0 Å². The van der Waals surface area contributed by atoms with Crippen molar-refractivity contribution in [3.8, 4) is 0 Å². The summed E-state index contributed by atoms with van der Waals surface area (Å²) in [5.74, 6) is 0. The van der Waals surface area contributed by atoms with Crippen LogP contribution in [0, 0.1) is 0 Å². The zero-order chi connectivity index (χ0) is 82.7. The summed E-state index contributed by atoms with van der Waals surface area (Å²) < 4.78 is 0. The lowest BCUT2D eigenvalue weighted by molar-refractivity contribution is 0.0358. The zero-order valence-corrected chi connectivity index (χ0v) is 70.3. The molecule has 0 aromatic rings. The molecule has 0 aliphatic rings. The van der Waals surface area contributed by atoms with E-state index < -0.39 is 67.1 Å². The van der Waals surface area contributed by atoms with Crippen LogP contribution in [0.5, 0.6) is 0 Å². The van der Waals surface area contributed by atoms with Crippen molar-refractivity contribution < 1.29 is 102 Å². The predicted molar refractivity (Wildman–Crippen MR) is 430 cm³/mol. The molecule has 652 valence electrons. The summed E-state index contributed by atoms with van der Waals surface area (Å²) >= 11 is 0. The standard InChI is InChI=1S/C22H48N2O4.C18H40N2O4.C14H32N2O4.C13H30N2O4.C10H24N2O4/c1-5-9-19(25)15-23(16-20(26)10-6-2)13-14-24(17-21(27)11-7-3)18-22(28)12-8-4;1-5-15(21)11-19(12-16(22)6-2)9-10-20(13-17(23)7-3)14-18(24)8-4;1-11(17)7-15(8-12(2)18)5-6-16(9-13(3)19)10-14(4)20;1-11(17)8-14(6-7-16)4-5-15(9-12(2)18)10-13(3)19;13-7-3-11(4-8-14)1-2-12(5-9-15)6-10-16/h19-22,25-28H,5-18H2,1-4H3;15-18,21-24H,5-14H2,1-4H3;11-14,17-20H,5-10H2,1-4H3;11-13,16-19H,4-10H2,1-3H3;13-16H,1-10H2. The molecule has 0 rings (SSSR count). The third kappa shape index (κ3) is 78.5. The van der Waals surface area contributed by atoms with Crippen LogP contribution in [0.25, 0.3) is 0 Å². The van der Waals surface area contributed by atoms with Crippen LogP contribution in [0.4, 0.5) is 0 Å². The lowest BCUT2D eigenvalue weighted by Gasteiger charge is -2.32. The molecule has 0 aliphatic carbocycles. The number of aliphatic hydroxyl groups is 20. The summed E-state index contributed by atoms with van der Waals surface area (Å²) in [7, 11) is 0. The van der Waals surface area contributed by atoms with Crippen LogP contribution in [0.1, 0.15) is 181 Å². The molecule has 0 fully saturated rings. The molecule has 15 atom stereocenters. The number of nitrogens with zero attached hydrogens (tertiary/aromatic N) is 10. The van der Waals surface area contributed by atoms with E-state index in [0.29, 0.717) is 222 Å². The van der Waals surface area contributed by atoms with Crippen molar-refractivity contribution in [2.24, 2.45) is 0 Å². The van der Waals surface area contributed by atoms with Crippen molar-refractivity contribution in [2.75, 3.05) is 229 Å². The molecular weight excluding hydrogens is 1380 g/mol. The van der Waals surface area contributed by atoms with E-state index in [0.717, 1.165) is 51.4 Å². The lowest BCUT2D eigenvalue weighted by Crippen LogP contribution is -2.45. The van der Waals surface area contributed by atoms with E-state index in [1.54, 1.807) is 48.5 Å². The van der Waals surface area contributed by atoms with Gasteiger partial charge in [0.1, 0.15) is 0 Å². The first-order valence-electron chi connectivity index (χ1n) is 41.0. The molecule has 0 saturated carbocycles. The van der Waals surface area contributed by atoms with E-state index >= 15 is 0 Å². The molecular formula is C77H174N10O20. The highest BCUT2D eigenvalue weighted by Gasteiger charge is 2.23. The van der Waals surface area contributed by atoms with Gasteiger partial charge in [0.05, 0.1) is 125 Å². The quantitative estimate of drug-likeness (QED) is 0.0323. The fraction of sp³-hybridized carbons (Fsp3) is 1.00. The van der Waals surface area contributed by atoms with Gasteiger partial charge in [-0.25, -0.2) is 0 Å². The maximum absolute atomic E-state index is 10.2. The molecule has 0 radical (unpaired) electrons. The Morgan fingerprint density at radius 3 is 0.449 bits per heavy atom. The van der Waals surface area contributed by atoms with E-state index in [4.69, 9.17) is 25.5 Å². The van der Waals surface area contributed by atoms with Gasteiger partial charge < -0.3 is 102 Å². The summed E-state index contributed by atoms with van der Waals surface area (Å²) in [6.45, 7) is 45.9. The first-order valence-corrected chi connectivity index (χ1v) is 41.0. The summed E-state index contributed by atoms with van der Waals surface area (Å²) in [6, 6.07) is 0. The molecule has 15 unspecified atom stereocenters. The molecule has 0 amide bonds. The third-order valence-electron chi connectivity index (χ3n) is 17.5. The molecule has 0 aromatic carbocycles. The third-order valence-corrected chi connectivity index (χ3v) is 17.5. The second kappa shape index (κ2) is 77.4. The first-order chi connectivity index (χ1) is 50.5. The van der Waals surface area contributed by atoms with Crippen molar-refractivity contribution in [3.63, 3.8) is 0 Å². The van der Waals surface area contributed by atoms with Gasteiger partial charge in [0.2, 0.25) is 0 Å². The molecule has 20 N–H and O–H groups in total. The van der Waals surface area contributed by atoms with Gasteiger partial charge in [0.15, 0.2) is 0 Å². The second-order valence-electron chi connectivity index (χ2n) is 29.9. The predicted octanol–water partition coefficient (Wildman–Crippen LogP) is -1.69. The molecule has 0 aromatic heterocycles. The summed E-state index contributed by atoms with van der Waals surface area (Å²) in [4.78, 5) is 20.3. The Morgan fingerprint density at radius 2 is 0.299 bits per heavy atom. The van der Waals surface area contributed by atoms with E-state index in [9.17, 15) is 76.6 Å². The SMILES string of the molecule is CC(O)CN(CCN(CC(C)O)CC(C)O)CC(C)O.CC(O)CN(CCO)CCN(CC(C)O)CC(C)O.CCC(O)CN(CCN(CC(O)CC)CC(O)CC)CC(O)CC.CCCC(O)CN(CCN(CC(O)CCC)CC(O)CCC)CC(O)CCC.OCCN(CCO)CCN(CCO)CCO. The maximum Gasteiger partial charge on any atom is 0.0667 e. The highest BCUT2D eigenvalue weighted by atomic mass is 16.3. The van der Waals surface area contributed by atoms with Crippen LogP contribution in [-0.4, -0.2) is 472 Å². The zero-order valence-electron chi connectivity index (χ0n) is 70.3. The average molecular weight is 1560 g/mol. The van der Waals surface area contributed by atoms with Gasteiger partial charge >= 0.3 is 0 Å². The minimum absolute atomic E-state index is 0.0551. The molecule has 0 heterocycles. The van der Waals surface area contributed by atoms with Gasteiger partial charge in [0, 0.05) is 196 Å². The maximum atomic E-state index is 10.2. The van der Waals surface area contributed by atoms with Crippen molar-refractivity contribution in [1.29, 1.82) is 0 Å². The topological polar surface area (TPSA) is 437 Å². The van der Waals surface area contributed by atoms with Crippen LogP contribution in [-0.2, 0) is 0 Å². The van der Waals surface area contributed by atoms with Crippen molar-refractivity contribution in [2.45, 2.75) is 272 Å². The van der Waals surface area contributed by atoms with Crippen LogP contribution in [0.3, 0.4) is 0 Å². The van der Waals surface area contributed by atoms with Gasteiger partial charge in [-0.3, -0.25) is 49.0 Å². The lowest BCUT2D eigenvalue weighted by atomic mass is 10.1. The van der Waals surface area contributed by atoms with Gasteiger partial charge in [-0.05, 0) is 99.8 Å². The summed E-state index contributed by atoms with van der Waals surface area (Å²) in [5, 5.41) is 191. The molecule has 30 nitrogen and oxygen atoms in total. The molecule has 30 heteroatoms. The number of hydrogen-bond acceptors (Lipinski definition) is 30. The van der Waals surface area contributed by atoms with E-state index in [-0.39, 0.29) is 57.5 Å². The fourth-order valence-electron chi connectivity index (χ4n) is 12.1. The number of aliphatic hydroxyl groups excluding tert-OH is 20. The fourth-order valence-corrected chi connectivity index (χ4v) is 12.1. The Labute approximate surface area is 650 Å². The Bertz CT molecular complexity index is 1600. The molecule has 0 bridgehead atoms. The van der Waals surface area contributed by atoms with Gasteiger partial charge in [0.25, 0.3) is 0 Å². The van der Waals surface area contributed by atoms with E-state index in [1.165, 1.54) is 0 Å². The minimum Gasteiger partial charge on any atom is -0.395 e. The molecule has 0 spiro atoms. The van der Waals surface area contributed by atoms with Gasteiger partial charge in [-0.1, -0.05) is 81.1 Å². The summed E-state index contributed by atoms with van der Waals surface area (Å²) in [5.41, 5.74) is 0. The van der Waals surface area contributed by atoms with E-state index in [2.05, 4.69) is 47.3 Å². The largest absolute Gasteiger partial charge is 0.395 e. The monoisotopic (exact) mass is 1560 g/mol. The Balaban J connectivity index is -0.000000410. The number of rotatable bonds is 67. The van der Waals surface area contributed by atoms with Crippen LogP contribution in [0.2, 0.25) is 0 Å². The molecule has 0 aliphatic heterocycles. The average Bonchev–Trinajstić information content (AvgIpc) is 0.935. The normalized spacial score (nSPS) is 16.3. The smallest absolute Gasteiger partial charge is 0.0667 e. The highest BCUT2D eigenvalue weighted by Crippen LogP contribution is 2.11. The minimum atomic E-state index is -0.448. The van der Waals surface area contributed by atoms with Crippen LogP contribution in [0.15, 0.2) is 0 Å². The molecule has 0 saturated heterocycles. The van der Waals surface area contributed by atoms with Gasteiger partial charge in [-0.2, -0.15) is 0 Å². The van der Waals surface area contributed by atoms with Crippen molar-refractivity contribution >= 4 is 0 Å². The Kier molecular flexibility index (Phi) is 82.7. The van der Waals surface area contributed by atoms with Crippen LogP contribution < -0.4 is 0 Å². The Morgan fingerprint density at radius 1 is 0.168 bits per heavy atom. The number of hydrogen-bond donors (Lipinski definition) is 20. The summed E-state index contributed by atoms with van der Waals surface area (Å²) in [6.07, 6.45) is 3.27. The van der Waals surface area contributed by atoms with Gasteiger partial charge in [-0.15, -0.1) is 0 Å². The van der Waals surface area contributed by atoms with E-state index in [1.807, 2.05) is 57.1 Å². The molecule has 107 heavy (non-hydrogen) atoms. The second-order valence-corrected chi connectivity index (χ2v) is 29.9.